The van der Waals surface area contributed by atoms with Crippen LogP contribution in [0.3, 0.4) is 0 Å². The Labute approximate surface area is 193 Å². The Morgan fingerprint density at radius 3 is 2.55 bits per heavy atom. The molecule has 2 heterocycles. The Morgan fingerprint density at radius 2 is 1.77 bits per heavy atom. The first-order chi connectivity index (χ1) is 14.8. The van der Waals surface area contributed by atoms with Crippen molar-refractivity contribution in [3.63, 3.8) is 0 Å². The van der Waals surface area contributed by atoms with E-state index in [1.54, 1.807) is 5.56 Å². The second kappa shape index (κ2) is 9.44. The maximum absolute atomic E-state index is 9.03. The van der Waals surface area contributed by atoms with E-state index < -0.39 is 0 Å². The smallest absolute Gasteiger partial charge is 0.159 e. The highest BCUT2D eigenvalue weighted by Crippen LogP contribution is 2.47. The van der Waals surface area contributed by atoms with Gasteiger partial charge in [-0.2, -0.15) is 0 Å². The van der Waals surface area contributed by atoms with Crippen LogP contribution in [0.15, 0.2) is 23.2 Å². The first kappa shape index (κ1) is 23.1. The second-order valence-corrected chi connectivity index (χ2v) is 11.9. The highest BCUT2D eigenvalue weighted by Gasteiger charge is 2.37. The summed E-state index contributed by atoms with van der Waals surface area (Å²) in [6.45, 7) is 15.5. The van der Waals surface area contributed by atoms with Crippen LogP contribution in [0.5, 0.6) is 0 Å². The zero-order chi connectivity index (χ0) is 22.1. The molecular weight excluding hydrogens is 402 g/mol. The van der Waals surface area contributed by atoms with Gasteiger partial charge >= 0.3 is 0 Å². The molecule has 0 radical (unpaired) electrons. The number of aliphatic imine (C=N–C) groups is 1. The predicted octanol–water partition coefficient (Wildman–Crippen LogP) is 4.96. The Hall–Kier alpha value is -1.04. The van der Waals surface area contributed by atoms with E-state index in [-0.39, 0.29) is 16.9 Å². The summed E-state index contributed by atoms with van der Waals surface area (Å²) < 4.78 is 0. The lowest BCUT2D eigenvalue weighted by Crippen LogP contribution is -2.34. The van der Waals surface area contributed by atoms with E-state index in [4.69, 9.17) is 10.1 Å². The number of hydrogen-bond donors (Lipinski definition) is 1. The summed E-state index contributed by atoms with van der Waals surface area (Å²) >= 11 is 1.95. The van der Waals surface area contributed by atoms with Gasteiger partial charge in [-0.15, -0.1) is 0 Å². The van der Waals surface area contributed by atoms with Crippen LogP contribution in [-0.4, -0.2) is 65.2 Å². The first-order valence-electron chi connectivity index (χ1n) is 12.2. The molecule has 0 saturated carbocycles. The molecule has 1 atom stereocenters. The summed E-state index contributed by atoms with van der Waals surface area (Å²) in [5.41, 5.74) is 5.01. The Morgan fingerprint density at radius 1 is 1.00 bits per heavy atom. The average molecular weight is 444 g/mol. The van der Waals surface area contributed by atoms with Crippen molar-refractivity contribution in [2.24, 2.45) is 4.99 Å². The number of rotatable bonds is 5. The Balaban J connectivity index is 1.45. The molecule has 4 rings (SSSR count). The number of unbranched alkanes of at least 4 members (excludes halogenated alkanes) is 1. The van der Waals surface area contributed by atoms with Gasteiger partial charge in [0, 0.05) is 32.0 Å². The number of fused-ring (bicyclic) bond motifs is 1. The highest BCUT2D eigenvalue weighted by molar-refractivity contribution is 8.14. The molecule has 1 aromatic rings. The molecule has 31 heavy (non-hydrogen) atoms. The first-order valence-corrected chi connectivity index (χ1v) is 13.2. The van der Waals surface area contributed by atoms with E-state index in [2.05, 4.69) is 55.7 Å². The van der Waals surface area contributed by atoms with E-state index in [0.717, 1.165) is 44.8 Å². The molecule has 172 valence electrons. The molecule has 1 N–H and O–H groups in total. The molecule has 3 aliphatic rings. The van der Waals surface area contributed by atoms with Crippen LogP contribution in [-0.2, 0) is 10.8 Å². The van der Waals surface area contributed by atoms with Crippen LogP contribution in [0.25, 0.3) is 0 Å². The minimum Gasteiger partial charge on any atom is -0.396 e. The SMILES string of the molecule is CC1(C)CCC(C)(C)c2cc(C3CSC(N4CCCN(CCCCO)CC4)=N3)ccc21. The molecular formula is C26H41N3OS. The summed E-state index contributed by atoms with van der Waals surface area (Å²) in [5, 5.41) is 10.3. The molecule has 0 aromatic heterocycles. The maximum Gasteiger partial charge on any atom is 0.159 e. The molecule has 5 heteroatoms. The number of thioether (sulfide) groups is 1. The monoisotopic (exact) mass is 443 g/mol. The van der Waals surface area contributed by atoms with Crippen molar-refractivity contribution in [1.29, 1.82) is 0 Å². The van der Waals surface area contributed by atoms with E-state index in [0.29, 0.717) is 6.61 Å². The van der Waals surface area contributed by atoms with Crippen molar-refractivity contribution in [3.8, 4) is 0 Å². The van der Waals surface area contributed by atoms with Gasteiger partial charge in [0.25, 0.3) is 0 Å². The van der Waals surface area contributed by atoms with Crippen molar-refractivity contribution in [3.05, 3.63) is 34.9 Å². The highest BCUT2D eigenvalue weighted by atomic mass is 32.2. The zero-order valence-corrected chi connectivity index (χ0v) is 20.8. The summed E-state index contributed by atoms with van der Waals surface area (Å²) in [7, 11) is 0. The van der Waals surface area contributed by atoms with Gasteiger partial charge < -0.3 is 14.9 Å². The minimum atomic E-state index is 0.253. The number of aliphatic hydroxyl groups excluding tert-OH is 1. The van der Waals surface area contributed by atoms with Gasteiger partial charge in [-0.25, -0.2) is 0 Å². The normalized spacial score (nSPS) is 25.8. The fraction of sp³-hybridized carbons (Fsp3) is 0.731. The number of benzene rings is 1. The van der Waals surface area contributed by atoms with Gasteiger partial charge in [0.2, 0.25) is 0 Å². The number of hydrogen-bond acceptors (Lipinski definition) is 5. The largest absolute Gasteiger partial charge is 0.396 e. The molecule has 0 bridgehead atoms. The van der Waals surface area contributed by atoms with Crippen LogP contribution in [0.4, 0.5) is 0 Å². The van der Waals surface area contributed by atoms with Crippen LogP contribution in [0.1, 0.15) is 82.5 Å². The van der Waals surface area contributed by atoms with Gasteiger partial charge in [-0.3, -0.25) is 4.99 Å². The lowest BCUT2D eigenvalue weighted by atomic mass is 9.63. The molecule has 0 spiro atoms. The van der Waals surface area contributed by atoms with Gasteiger partial charge in [0.05, 0.1) is 6.04 Å². The maximum atomic E-state index is 9.03. The number of aliphatic hydroxyl groups is 1. The Bertz CT molecular complexity index is 804. The lowest BCUT2D eigenvalue weighted by Gasteiger charge is -2.42. The molecule has 0 amide bonds. The van der Waals surface area contributed by atoms with Crippen molar-refractivity contribution in [2.75, 3.05) is 45.1 Å². The van der Waals surface area contributed by atoms with Crippen molar-refractivity contribution < 1.29 is 5.11 Å². The second-order valence-electron chi connectivity index (χ2n) is 10.9. The third-order valence-corrected chi connectivity index (χ3v) is 8.74. The van der Waals surface area contributed by atoms with E-state index in [1.807, 2.05) is 11.8 Å². The standard InChI is InChI=1S/C26H41N3OS/c1-25(2)10-11-26(3,4)22-18-20(8-9-21(22)25)23-19-31-24(27-23)29-14-7-13-28(15-16-29)12-5-6-17-30/h8-9,18,23,30H,5-7,10-17,19H2,1-4H3. The van der Waals surface area contributed by atoms with Crippen LogP contribution in [0.2, 0.25) is 0 Å². The van der Waals surface area contributed by atoms with Gasteiger partial charge in [0.1, 0.15) is 0 Å². The molecule has 1 fully saturated rings. The molecule has 1 saturated heterocycles. The number of nitrogens with zero attached hydrogens (tertiary/aromatic N) is 3. The third kappa shape index (κ3) is 5.15. The van der Waals surface area contributed by atoms with Crippen LogP contribution < -0.4 is 0 Å². The molecule has 1 aliphatic carbocycles. The molecule has 1 unspecified atom stereocenters. The molecule has 2 aliphatic heterocycles. The zero-order valence-electron chi connectivity index (χ0n) is 20.0. The van der Waals surface area contributed by atoms with E-state index >= 15 is 0 Å². The summed E-state index contributed by atoms with van der Waals surface area (Å²) in [6.07, 6.45) is 5.73. The minimum absolute atomic E-state index is 0.253. The predicted molar refractivity (Wildman–Crippen MR) is 133 cm³/mol. The third-order valence-electron chi connectivity index (χ3n) is 7.64. The van der Waals surface area contributed by atoms with Gasteiger partial charge in [-0.05, 0) is 72.7 Å². The van der Waals surface area contributed by atoms with Gasteiger partial charge in [-0.1, -0.05) is 57.7 Å². The van der Waals surface area contributed by atoms with Crippen molar-refractivity contribution in [2.45, 2.75) is 76.7 Å². The van der Waals surface area contributed by atoms with E-state index in [1.165, 1.54) is 42.1 Å². The average Bonchev–Trinajstić information content (AvgIpc) is 3.12. The lowest BCUT2D eigenvalue weighted by molar-refractivity contribution is 0.247. The quantitative estimate of drug-likeness (QED) is 0.653. The van der Waals surface area contributed by atoms with Crippen molar-refractivity contribution in [1.82, 2.24) is 9.80 Å². The van der Waals surface area contributed by atoms with E-state index in [9.17, 15) is 0 Å². The summed E-state index contributed by atoms with van der Waals surface area (Å²) in [6, 6.07) is 7.53. The van der Waals surface area contributed by atoms with Crippen LogP contribution >= 0.6 is 11.8 Å². The fourth-order valence-electron chi connectivity index (χ4n) is 5.35. The summed E-state index contributed by atoms with van der Waals surface area (Å²) in [5.74, 6) is 1.06. The fourth-order valence-corrected chi connectivity index (χ4v) is 6.49. The molecule has 1 aromatic carbocycles. The molecule has 4 nitrogen and oxygen atoms in total. The summed E-state index contributed by atoms with van der Waals surface area (Å²) in [4.78, 5) is 10.3. The van der Waals surface area contributed by atoms with Gasteiger partial charge in [0.15, 0.2) is 5.17 Å². The van der Waals surface area contributed by atoms with Crippen molar-refractivity contribution >= 4 is 16.9 Å². The number of amidine groups is 1. The Kier molecular flexibility index (Phi) is 7.05. The van der Waals surface area contributed by atoms with Crippen LogP contribution in [0, 0.1) is 0 Å². The topological polar surface area (TPSA) is 39.1 Å².